The number of allylic oxidation sites excluding steroid dienone is 1. The van der Waals surface area contributed by atoms with Gasteiger partial charge in [0.1, 0.15) is 11.0 Å². The summed E-state index contributed by atoms with van der Waals surface area (Å²) in [5, 5.41) is 0. The van der Waals surface area contributed by atoms with Crippen LogP contribution in [0.1, 0.15) is 27.2 Å². The number of carbonyl (C=O) groups is 1. The van der Waals surface area contributed by atoms with Crippen molar-refractivity contribution in [2.75, 3.05) is 19.0 Å². The zero-order chi connectivity index (χ0) is 15.1. The van der Waals surface area contributed by atoms with E-state index in [4.69, 9.17) is 14.2 Å². The van der Waals surface area contributed by atoms with Crippen LogP contribution >= 0.6 is 11.8 Å². The molecule has 0 fully saturated rings. The maximum absolute atomic E-state index is 13.1. The topological polar surface area (TPSA) is 44.8 Å². The van der Waals surface area contributed by atoms with Crippen LogP contribution in [-0.2, 0) is 19.0 Å². The van der Waals surface area contributed by atoms with E-state index in [9.17, 15) is 13.6 Å². The number of rotatable bonds is 7. The predicted molar refractivity (Wildman–Crippen MR) is 72.7 cm³/mol. The largest absolute Gasteiger partial charge is 0.477 e. The van der Waals surface area contributed by atoms with Crippen molar-refractivity contribution in [2.45, 2.75) is 45.2 Å². The van der Waals surface area contributed by atoms with Crippen LogP contribution in [0.5, 0.6) is 0 Å². The number of esters is 1. The normalized spacial score (nSPS) is 22.9. The third kappa shape index (κ3) is 4.34. The molecule has 0 aromatic rings. The van der Waals surface area contributed by atoms with Crippen LogP contribution in [-0.4, -0.2) is 42.9 Å². The Bertz CT molecular complexity index is 360. The van der Waals surface area contributed by atoms with Crippen LogP contribution in [0.4, 0.5) is 8.78 Å². The van der Waals surface area contributed by atoms with Crippen LogP contribution in [0.2, 0.25) is 0 Å². The Morgan fingerprint density at radius 1 is 1.40 bits per heavy atom. The van der Waals surface area contributed by atoms with Gasteiger partial charge in [0.25, 0.3) is 6.43 Å². The number of alkyl halides is 2. The second-order valence-electron chi connectivity index (χ2n) is 3.98. The van der Waals surface area contributed by atoms with Crippen molar-refractivity contribution in [1.82, 2.24) is 0 Å². The summed E-state index contributed by atoms with van der Waals surface area (Å²) in [6.45, 7) is 5.73. The van der Waals surface area contributed by atoms with Gasteiger partial charge in [-0.3, -0.25) is 0 Å². The maximum atomic E-state index is 13.1. The van der Waals surface area contributed by atoms with Gasteiger partial charge in [0.15, 0.2) is 5.76 Å². The van der Waals surface area contributed by atoms with Crippen molar-refractivity contribution in [1.29, 1.82) is 0 Å². The lowest BCUT2D eigenvalue weighted by atomic mass is 10.0. The fraction of sp³-hybridized carbons (Fsp3) is 0.769. The minimum Gasteiger partial charge on any atom is -0.477 e. The van der Waals surface area contributed by atoms with Crippen molar-refractivity contribution in [3.63, 3.8) is 0 Å². The van der Waals surface area contributed by atoms with E-state index < -0.39 is 29.7 Å². The van der Waals surface area contributed by atoms with E-state index in [1.807, 2.05) is 6.92 Å². The van der Waals surface area contributed by atoms with E-state index in [2.05, 4.69) is 0 Å². The van der Waals surface area contributed by atoms with Crippen LogP contribution in [0, 0.1) is 0 Å². The molecule has 1 rings (SSSR count). The van der Waals surface area contributed by atoms with Gasteiger partial charge in [0.05, 0.1) is 12.7 Å². The highest BCUT2D eigenvalue weighted by Gasteiger charge is 2.39. The molecule has 0 amide bonds. The molecule has 0 saturated carbocycles. The molecule has 0 spiro atoms. The molecule has 1 heterocycles. The number of hydrogen-bond acceptors (Lipinski definition) is 5. The molecular formula is C13H20F2O4S. The standard InChI is InChI=1S/C13H20F2O4S/c1-4-17-8-7-9(20-6-3)19-11(12(14)15)10(8)13(16)18-5-2/h8-9,12H,4-7H2,1-3H3. The molecular weight excluding hydrogens is 290 g/mol. The Morgan fingerprint density at radius 3 is 2.60 bits per heavy atom. The van der Waals surface area contributed by atoms with Gasteiger partial charge in [0.2, 0.25) is 0 Å². The molecule has 0 aromatic carbocycles. The molecule has 7 heteroatoms. The fourth-order valence-corrected chi connectivity index (χ4v) is 2.81. The third-order valence-corrected chi connectivity index (χ3v) is 3.66. The summed E-state index contributed by atoms with van der Waals surface area (Å²) in [5.41, 5.74) is -0.615. The smallest absolute Gasteiger partial charge is 0.340 e. The van der Waals surface area contributed by atoms with Gasteiger partial charge >= 0.3 is 5.97 Å². The second kappa shape index (κ2) is 8.46. The summed E-state index contributed by atoms with van der Waals surface area (Å²) in [4.78, 5) is 11.9. The monoisotopic (exact) mass is 310 g/mol. The van der Waals surface area contributed by atoms with Crippen LogP contribution < -0.4 is 0 Å². The van der Waals surface area contributed by atoms with Gasteiger partial charge in [0, 0.05) is 13.0 Å². The summed E-state index contributed by atoms with van der Waals surface area (Å²) < 4.78 is 41.8. The quantitative estimate of drug-likeness (QED) is 0.676. The van der Waals surface area contributed by atoms with E-state index in [-0.39, 0.29) is 12.2 Å². The molecule has 0 bridgehead atoms. The van der Waals surface area contributed by atoms with E-state index in [1.165, 1.54) is 11.8 Å². The van der Waals surface area contributed by atoms with Gasteiger partial charge in [-0.1, -0.05) is 6.92 Å². The number of carbonyl (C=O) groups excluding carboxylic acids is 1. The van der Waals surface area contributed by atoms with Crippen molar-refractivity contribution in [3.8, 4) is 0 Å². The highest BCUT2D eigenvalue weighted by molar-refractivity contribution is 7.99. The summed E-state index contributed by atoms with van der Waals surface area (Å²) in [6, 6.07) is 0. The molecule has 116 valence electrons. The first kappa shape index (κ1) is 17.2. The lowest BCUT2D eigenvalue weighted by molar-refractivity contribution is -0.142. The fourth-order valence-electron chi connectivity index (χ4n) is 1.95. The number of ether oxygens (including phenoxy) is 3. The van der Waals surface area contributed by atoms with Gasteiger partial charge in [-0.2, -0.15) is 0 Å². The van der Waals surface area contributed by atoms with Crippen molar-refractivity contribution >= 4 is 17.7 Å². The second-order valence-corrected chi connectivity index (χ2v) is 5.42. The van der Waals surface area contributed by atoms with Crippen LogP contribution in [0.15, 0.2) is 11.3 Å². The lowest BCUT2D eigenvalue weighted by Gasteiger charge is -2.32. The minimum atomic E-state index is -2.86. The first-order valence-corrected chi connectivity index (χ1v) is 7.69. The summed E-state index contributed by atoms with van der Waals surface area (Å²) in [7, 11) is 0. The Morgan fingerprint density at radius 2 is 2.10 bits per heavy atom. The summed E-state index contributed by atoms with van der Waals surface area (Å²) >= 11 is 1.41. The molecule has 0 aliphatic carbocycles. The number of thioether (sulfide) groups is 1. The van der Waals surface area contributed by atoms with Gasteiger partial charge in [-0.15, -0.1) is 11.8 Å². The number of hydrogen-bond donors (Lipinski definition) is 0. The van der Waals surface area contributed by atoms with E-state index >= 15 is 0 Å². The highest BCUT2D eigenvalue weighted by atomic mass is 32.2. The van der Waals surface area contributed by atoms with Gasteiger partial charge < -0.3 is 14.2 Å². The Labute approximate surface area is 121 Å². The predicted octanol–water partition coefficient (Wildman–Crippen LogP) is 2.97. The zero-order valence-corrected chi connectivity index (χ0v) is 12.7. The van der Waals surface area contributed by atoms with E-state index in [1.54, 1.807) is 13.8 Å². The first-order chi connectivity index (χ1) is 9.54. The Kier molecular flexibility index (Phi) is 7.29. The molecule has 4 nitrogen and oxygen atoms in total. The van der Waals surface area contributed by atoms with E-state index in [0.717, 1.165) is 5.75 Å². The molecule has 20 heavy (non-hydrogen) atoms. The molecule has 1 aliphatic rings. The first-order valence-electron chi connectivity index (χ1n) is 6.64. The summed E-state index contributed by atoms with van der Waals surface area (Å²) in [6.07, 6.45) is -3.21. The average molecular weight is 310 g/mol. The van der Waals surface area contributed by atoms with Crippen molar-refractivity contribution in [2.24, 2.45) is 0 Å². The molecule has 2 atom stereocenters. The molecule has 1 aliphatic heterocycles. The average Bonchev–Trinajstić information content (AvgIpc) is 2.39. The molecule has 2 unspecified atom stereocenters. The Hall–Kier alpha value is -0.820. The van der Waals surface area contributed by atoms with Crippen molar-refractivity contribution in [3.05, 3.63) is 11.3 Å². The highest BCUT2D eigenvalue weighted by Crippen LogP contribution is 2.35. The van der Waals surface area contributed by atoms with Crippen LogP contribution in [0.25, 0.3) is 0 Å². The molecule has 0 radical (unpaired) electrons. The number of halogens is 2. The SMILES string of the molecule is CCOC(=O)C1=C(C(F)F)OC(SCC)CC1OCC. The third-order valence-electron chi connectivity index (χ3n) is 2.67. The van der Waals surface area contributed by atoms with Crippen LogP contribution in [0.3, 0.4) is 0 Å². The van der Waals surface area contributed by atoms with E-state index in [0.29, 0.717) is 13.0 Å². The van der Waals surface area contributed by atoms with Gasteiger partial charge in [-0.05, 0) is 19.6 Å². The molecule has 0 aromatic heterocycles. The van der Waals surface area contributed by atoms with Crippen molar-refractivity contribution < 1.29 is 27.8 Å². The zero-order valence-electron chi connectivity index (χ0n) is 11.9. The summed E-state index contributed by atoms with van der Waals surface area (Å²) in [5.74, 6) is -0.672. The minimum absolute atomic E-state index is 0.116. The Balaban J connectivity index is 3.08. The maximum Gasteiger partial charge on any atom is 0.340 e. The lowest BCUT2D eigenvalue weighted by Crippen LogP contribution is -2.36. The molecule has 0 N–H and O–H groups in total. The molecule has 0 saturated heterocycles. The van der Waals surface area contributed by atoms with Gasteiger partial charge in [-0.25, -0.2) is 13.6 Å².